The number of hydrogen-bond donors (Lipinski definition) is 0. The Morgan fingerprint density at radius 3 is 1.79 bits per heavy atom. The maximum Gasteiger partial charge on any atom is 0.123 e. The molecule has 1 aliphatic rings. The molecule has 0 aromatic heterocycles. The molecule has 14 heavy (non-hydrogen) atoms. The summed E-state index contributed by atoms with van der Waals surface area (Å²) >= 11 is 0. The van der Waals surface area contributed by atoms with E-state index in [1.54, 1.807) is 21.3 Å². The molecular formula is C10H18O4. The van der Waals surface area contributed by atoms with Crippen LogP contribution in [0.2, 0.25) is 0 Å². The average molecular weight is 202 g/mol. The molecule has 0 heterocycles. The van der Waals surface area contributed by atoms with Crippen molar-refractivity contribution in [1.82, 2.24) is 0 Å². The van der Waals surface area contributed by atoms with E-state index in [2.05, 4.69) is 0 Å². The molecule has 0 aliphatic heterocycles. The van der Waals surface area contributed by atoms with Crippen LogP contribution >= 0.6 is 0 Å². The van der Waals surface area contributed by atoms with E-state index in [-0.39, 0.29) is 24.2 Å². The van der Waals surface area contributed by atoms with Gasteiger partial charge in [-0.2, -0.15) is 0 Å². The van der Waals surface area contributed by atoms with Gasteiger partial charge in [-0.1, -0.05) is 0 Å². The number of carbonyl (C=O) groups is 1. The van der Waals surface area contributed by atoms with Crippen LogP contribution in [-0.2, 0) is 19.0 Å². The van der Waals surface area contributed by atoms with Gasteiger partial charge in [0.15, 0.2) is 0 Å². The lowest BCUT2D eigenvalue weighted by Gasteiger charge is -2.37. The first-order chi connectivity index (χ1) is 6.76. The zero-order valence-corrected chi connectivity index (χ0v) is 8.93. The molecule has 1 aliphatic carbocycles. The van der Waals surface area contributed by atoms with Crippen molar-refractivity contribution < 1.29 is 19.0 Å². The summed E-state index contributed by atoms with van der Waals surface area (Å²) in [7, 11) is 4.91. The highest BCUT2D eigenvalue weighted by molar-refractivity contribution is 5.54. The van der Waals surface area contributed by atoms with Gasteiger partial charge in [0.05, 0.1) is 12.2 Å². The summed E-state index contributed by atoms with van der Waals surface area (Å²) in [5, 5.41) is 0. The lowest BCUT2D eigenvalue weighted by atomic mass is 9.84. The predicted molar refractivity (Wildman–Crippen MR) is 51.2 cm³/mol. The summed E-state index contributed by atoms with van der Waals surface area (Å²) in [5.41, 5.74) is 0. The molecule has 1 saturated carbocycles. The monoisotopic (exact) mass is 202 g/mol. The molecule has 0 N–H and O–H groups in total. The molecule has 1 rings (SSSR count). The quantitative estimate of drug-likeness (QED) is 0.628. The zero-order chi connectivity index (χ0) is 10.6. The Morgan fingerprint density at radius 2 is 1.50 bits per heavy atom. The fraction of sp³-hybridized carbons (Fsp3) is 0.900. The van der Waals surface area contributed by atoms with Crippen LogP contribution in [0.25, 0.3) is 0 Å². The maximum atomic E-state index is 10.7. The van der Waals surface area contributed by atoms with Crippen LogP contribution < -0.4 is 0 Å². The minimum absolute atomic E-state index is 0.0244. The zero-order valence-electron chi connectivity index (χ0n) is 8.93. The molecule has 4 nitrogen and oxygen atoms in total. The van der Waals surface area contributed by atoms with Crippen molar-refractivity contribution in [3.63, 3.8) is 0 Å². The van der Waals surface area contributed by atoms with Crippen LogP contribution in [0.5, 0.6) is 0 Å². The molecule has 0 aromatic rings. The number of methoxy groups -OCH3 is 3. The number of carbonyl (C=O) groups excluding carboxylic acids is 1. The second kappa shape index (κ2) is 5.44. The molecule has 0 spiro atoms. The summed E-state index contributed by atoms with van der Waals surface area (Å²) in [4.78, 5) is 10.7. The van der Waals surface area contributed by atoms with Crippen LogP contribution in [0.1, 0.15) is 12.8 Å². The molecule has 0 radical (unpaired) electrons. The van der Waals surface area contributed by atoms with Gasteiger partial charge in [0.2, 0.25) is 0 Å². The Hall–Kier alpha value is -0.450. The summed E-state index contributed by atoms with van der Waals surface area (Å²) in [5.74, 6) is 0.0244. The highest BCUT2D eigenvalue weighted by Gasteiger charge is 2.38. The molecule has 0 saturated heterocycles. The molecule has 0 aromatic carbocycles. The van der Waals surface area contributed by atoms with Gasteiger partial charge in [0, 0.05) is 27.2 Å². The lowest BCUT2D eigenvalue weighted by Crippen LogP contribution is -2.47. The molecule has 0 bridgehead atoms. The SMILES string of the molecule is COC1CC(C=O)CC(OC)C1OC. The van der Waals surface area contributed by atoms with Crippen LogP contribution in [0.15, 0.2) is 0 Å². The molecule has 2 unspecified atom stereocenters. The first-order valence-corrected chi connectivity index (χ1v) is 4.80. The van der Waals surface area contributed by atoms with Gasteiger partial charge >= 0.3 is 0 Å². The van der Waals surface area contributed by atoms with Crippen LogP contribution in [-0.4, -0.2) is 45.9 Å². The van der Waals surface area contributed by atoms with E-state index in [0.29, 0.717) is 0 Å². The van der Waals surface area contributed by atoms with E-state index < -0.39 is 0 Å². The highest BCUT2D eigenvalue weighted by Crippen LogP contribution is 2.28. The Balaban J connectivity index is 2.68. The van der Waals surface area contributed by atoms with Crippen molar-refractivity contribution in [3.8, 4) is 0 Å². The summed E-state index contributed by atoms with van der Waals surface area (Å²) in [6.45, 7) is 0. The smallest absolute Gasteiger partial charge is 0.123 e. The molecule has 1 fully saturated rings. The third-order valence-electron chi connectivity index (χ3n) is 2.87. The lowest BCUT2D eigenvalue weighted by molar-refractivity contribution is -0.146. The van der Waals surface area contributed by atoms with Crippen LogP contribution in [0.4, 0.5) is 0 Å². The Morgan fingerprint density at radius 1 is 1.00 bits per heavy atom. The van der Waals surface area contributed by atoms with Crippen molar-refractivity contribution in [2.75, 3.05) is 21.3 Å². The Bertz CT molecular complexity index is 169. The number of ether oxygens (including phenoxy) is 3. The third-order valence-corrected chi connectivity index (χ3v) is 2.87. The van der Waals surface area contributed by atoms with Gasteiger partial charge in [-0.3, -0.25) is 0 Å². The first kappa shape index (κ1) is 11.6. The van der Waals surface area contributed by atoms with Gasteiger partial charge in [-0.15, -0.1) is 0 Å². The molecule has 4 heteroatoms. The highest BCUT2D eigenvalue weighted by atomic mass is 16.6. The number of rotatable bonds is 4. The molecule has 2 atom stereocenters. The Kier molecular flexibility index (Phi) is 4.51. The van der Waals surface area contributed by atoms with E-state index in [9.17, 15) is 4.79 Å². The van der Waals surface area contributed by atoms with Crippen LogP contribution in [0.3, 0.4) is 0 Å². The van der Waals surface area contributed by atoms with E-state index in [4.69, 9.17) is 14.2 Å². The maximum absolute atomic E-state index is 10.7. The topological polar surface area (TPSA) is 44.8 Å². The minimum atomic E-state index is -0.0683. The summed E-state index contributed by atoms with van der Waals surface area (Å²) in [6, 6.07) is 0. The van der Waals surface area contributed by atoms with Crippen molar-refractivity contribution >= 4 is 6.29 Å². The second-order valence-corrected chi connectivity index (χ2v) is 3.62. The minimum Gasteiger partial charge on any atom is -0.379 e. The van der Waals surface area contributed by atoms with Gasteiger partial charge in [-0.05, 0) is 12.8 Å². The number of hydrogen-bond acceptors (Lipinski definition) is 4. The molecule has 82 valence electrons. The fourth-order valence-corrected chi connectivity index (χ4v) is 2.08. The van der Waals surface area contributed by atoms with Crippen molar-refractivity contribution in [2.24, 2.45) is 5.92 Å². The second-order valence-electron chi connectivity index (χ2n) is 3.62. The van der Waals surface area contributed by atoms with Gasteiger partial charge in [0.25, 0.3) is 0 Å². The predicted octanol–water partition coefficient (Wildman–Crippen LogP) is 0.640. The van der Waals surface area contributed by atoms with E-state index in [1.807, 2.05) is 0 Å². The van der Waals surface area contributed by atoms with E-state index >= 15 is 0 Å². The molecular weight excluding hydrogens is 184 g/mol. The van der Waals surface area contributed by atoms with Gasteiger partial charge < -0.3 is 19.0 Å². The van der Waals surface area contributed by atoms with E-state index in [1.165, 1.54) is 0 Å². The largest absolute Gasteiger partial charge is 0.379 e. The van der Waals surface area contributed by atoms with Gasteiger partial charge in [0.1, 0.15) is 12.4 Å². The molecule has 0 amide bonds. The van der Waals surface area contributed by atoms with Gasteiger partial charge in [-0.25, -0.2) is 0 Å². The summed E-state index contributed by atoms with van der Waals surface area (Å²) < 4.78 is 15.9. The Labute approximate surface area is 84.5 Å². The van der Waals surface area contributed by atoms with Crippen molar-refractivity contribution in [2.45, 2.75) is 31.2 Å². The van der Waals surface area contributed by atoms with Crippen molar-refractivity contribution in [3.05, 3.63) is 0 Å². The normalized spacial score (nSPS) is 38.2. The number of aldehydes is 1. The first-order valence-electron chi connectivity index (χ1n) is 4.80. The van der Waals surface area contributed by atoms with Crippen molar-refractivity contribution in [1.29, 1.82) is 0 Å². The third kappa shape index (κ3) is 2.32. The van der Waals surface area contributed by atoms with E-state index in [0.717, 1.165) is 19.1 Å². The van der Waals surface area contributed by atoms with Crippen LogP contribution in [0, 0.1) is 5.92 Å². The average Bonchev–Trinajstić information content (AvgIpc) is 2.26. The standard InChI is InChI=1S/C10H18O4/c1-12-8-4-7(6-11)5-9(13-2)10(8)14-3/h6-10H,4-5H2,1-3H3. The summed E-state index contributed by atoms with van der Waals surface area (Å²) in [6.07, 6.45) is 2.25. The fourth-order valence-electron chi connectivity index (χ4n) is 2.08.